The van der Waals surface area contributed by atoms with Crippen molar-refractivity contribution >= 4 is 18.0 Å². The molecule has 0 aromatic rings. The van der Waals surface area contributed by atoms with Crippen LogP contribution in [0.2, 0.25) is 0 Å². The molecule has 0 aromatic carbocycles. The van der Waals surface area contributed by atoms with Crippen LogP contribution in [0.3, 0.4) is 0 Å². The first kappa shape index (κ1) is 23.1. The average Bonchev–Trinajstić information content (AvgIpc) is 2.57. The molecule has 0 radical (unpaired) electrons. The highest BCUT2D eigenvalue weighted by Gasteiger charge is 2.18. The van der Waals surface area contributed by atoms with Gasteiger partial charge in [-0.05, 0) is 64.0 Å². The van der Waals surface area contributed by atoms with E-state index in [1.165, 1.54) is 32.1 Å². The highest BCUT2D eigenvalue weighted by atomic mass is 16.6. The summed E-state index contributed by atoms with van der Waals surface area (Å²) < 4.78 is 5.42. The molecule has 1 saturated heterocycles. The molecule has 25 heavy (non-hydrogen) atoms. The molecule has 1 saturated carbocycles. The topological polar surface area (TPSA) is 156 Å². The molecule has 1 aliphatic heterocycles. The number of carboxylic acid groups (broad SMARTS) is 2. The molecule has 2 rings (SSSR count). The predicted octanol–water partition coefficient (Wildman–Crippen LogP) is 0.766. The lowest BCUT2D eigenvalue weighted by molar-refractivity contribution is -0.159. The molecule has 1 aliphatic carbocycles. The summed E-state index contributed by atoms with van der Waals surface area (Å²) in [6.07, 6.45) is 9.29. The Bertz CT molecular complexity index is 393. The van der Waals surface area contributed by atoms with E-state index >= 15 is 0 Å². The van der Waals surface area contributed by atoms with E-state index in [-0.39, 0.29) is 17.7 Å². The van der Waals surface area contributed by atoms with Gasteiger partial charge in [-0.3, -0.25) is 0 Å². The standard InChI is InChI=1S/C14H26N2O2.C2H2O4.H2O/c17-14(18-13-4-2-1-3-5-13)16-11-8-12-6-9-15-10-7-12;3-1(4)2(5)6;/h12-13,15H,1-11H2,(H,16,17);(H,3,4)(H,5,6);1H2. The van der Waals surface area contributed by atoms with Crippen LogP contribution in [0.1, 0.15) is 51.4 Å². The van der Waals surface area contributed by atoms with Crippen molar-refractivity contribution in [3.05, 3.63) is 0 Å². The highest BCUT2D eigenvalue weighted by molar-refractivity contribution is 6.27. The van der Waals surface area contributed by atoms with Gasteiger partial charge < -0.3 is 31.1 Å². The Hall–Kier alpha value is -1.87. The van der Waals surface area contributed by atoms with Gasteiger partial charge in [0.1, 0.15) is 6.10 Å². The second kappa shape index (κ2) is 13.4. The van der Waals surface area contributed by atoms with Crippen molar-refractivity contribution in [1.82, 2.24) is 10.6 Å². The van der Waals surface area contributed by atoms with Crippen LogP contribution in [0.4, 0.5) is 4.79 Å². The zero-order chi connectivity index (χ0) is 17.8. The molecule has 9 nitrogen and oxygen atoms in total. The van der Waals surface area contributed by atoms with Gasteiger partial charge in [0.2, 0.25) is 0 Å². The Morgan fingerprint density at radius 2 is 1.52 bits per heavy atom. The zero-order valence-electron chi connectivity index (χ0n) is 14.5. The Balaban J connectivity index is 0.000000715. The Kier molecular flexibility index (Phi) is 12.4. The maximum absolute atomic E-state index is 11.6. The van der Waals surface area contributed by atoms with Gasteiger partial charge in [0.15, 0.2) is 0 Å². The van der Waals surface area contributed by atoms with E-state index in [0.29, 0.717) is 0 Å². The largest absolute Gasteiger partial charge is 0.473 e. The number of piperidine rings is 1. The molecule has 0 aromatic heterocycles. The molecule has 1 heterocycles. The minimum absolute atomic E-state index is 0. The third-order valence-electron chi connectivity index (χ3n) is 4.29. The normalized spacial score (nSPS) is 18.1. The molecule has 0 unspecified atom stereocenters. The Morgan fingerprint density at radius 1 is 0.960 bits per heavy atom. The van der Waals surface area contributed by atoms with Crippen molar-refractivity contribution in [3.8, 4) is 0 Å². The fourth-order valence-corrected chi connectivity index (χ4v) is 2.92. The van der Waals surface area contributed by atoms with Crippen LogP contribution in [-0.4, -0.2) is 59.5 Å². The number of alkyl carbamates (subject to hydrolysis) is 1. The summed E-state index contributed by atoms with van der Waals surface area (Å²) in [6, 6.07) is 0. The lowest BCUT2D eigenvalue weighted by Crippen LogP contribution is -2.33. The summed E-state index contributed by atoms with van der Waals surface area (Å²) in [5, 5.41) is 21.0. The van der Waals surface area contributed by atoms with Crippen molar-refractivity contribution in [2.45, 2.75) is 57.5 Å². The van der Waals surface area contributed by atoms with Crippen molar-refractivity contribution in [1.29, 1.82) is 0 Å². The number of nitrogens with one attached hydrogen (secondary N) is 2. The molecule has 1 amide bonds. The second-order valence-corrected chi connectivity index (χ2v) is 6.18. The van der Waals surface area contributed by atoms with Crippen LogP contribution in [0.15, 0.2) is 0 Å². The van der Waals surface area contributed by atoms with Crippen LogP contribution < -0.4 is 10.6 Å². The Labute approximate surface area is 147 Å². The van der Waals surface area contributed by atoms with Crippen molar-refractivity contribution in [3.63, 3.8) is 0 Å². The quantitative estimate of drug-likeness (QED) is 0.538. The van der Waals surface area contributed by atoms with Crippen molar-refractivity contribution in [2.24, 2.45) is 5.92 Å². The molecule has 6 N–H and O–H groups in total. The number of ether oxygens (including phenoxy) is 1. The van der Waals surface area contributed by atoms with Crippen molar-refractivity contribution in [2.75, 3.05) is 19.6 Å². The van der Waals surface area contributed by atoms with Gasteiger partial charge in [-0.2, -0.15) is 0 Å². The third-order valence-corrected chi connectivity index (χ3v) is 4.29. The lowest BCUT2D eigenvalue weighted by Gasteiger charge is -2.24. The number of aliphatic carboxylic acids is 2. The molecule has 9 heteroatoms. The summed E-state index contributed by atoms with van der Waals surface area (Å²) in [5.74, 6) is -2.88. The number of carbonyl (C=O) groups is 3. The van der Waals surface area contributed by atoms with Gasteiger partial charge in [-0.1, -0.05) is 6.42 Å². The van der Waals surface area contributed by atoms with E-state index in [9.17, 15) is 4.79 Å². The van der Waals surface area contributed by atoms with Crippen LogP contribution >= 0.6 is 0 Å². The zero-order valence-corrected chi connectivity index (χ0v) is 14.5. The monoisotopic (exact) mass is 362 g/mol. The molecular formula is C16H30N2O7. The van der Waals surface area contributed by atoms with Gasteiger partial charge in [-0.15, -0.1) is 0 Å². The lowest BCUT2D eigenvalue weighted by atomic mass is 9.95. The maximum Gasteiger partial charge on any atom is 0.414 e. The number of carbonyl (C=O) groups excluding carboxylic acids is 1. The number of rotatable bonds is 4. The SMILES string of the molecule is O.O=C(NCCC1CCNCC1)OC1CCCCC1.O=C(O)C(=O)O. The first-order valence-electron chi connectivity index (χ1n) is 8.60. The van der Waals surface area contributed by atoms with Crippen LogP contribution in [0.5, 0.6) is 0 Å². The van der Waals surface area contributed by atoms with E-state index in [0.717, 1.165) is 44.8 Å². The highest BCUT2D eigenvalue weighted by Crippen LogP contribution is 2.20. The Morgan fingerprint density at radius 3 is 2.04 bits per heavy atom. The van der Waals surface area contributed by atoms with E-state index in [4.69, 9.17) is 24.5 Å². The fourth-order valence-electron chi connectivity index (χ4n) is 2.92. The summed E-state index contributed by atoms with van der Waals surface area (Å²) in [5.41, 5.74) is 0. The minimum Gasteiger partial charge on any atom is -0.473 e. The molecular weight excluding hydrogens is 332 g/mol. The van der Waals surface area contributed by atoms with Crippen LogP contribution in [0, 0.1) is 5.92 Å². The van der Waals surface area contributed by atoms with Crippen molar-refractivity contribution < 1.29 is 34.8 Å². The van der Waals surface area contributed by atoms with E-state index in [1.54, 1.807) is 0 Å². The second-order valence-electron chi connectivity index (χ2n) is 6.18. The predicted molar refractivity (Wildman–Crippen MR) is 90.5 cm³/mol. The summed E-state index contributed by atoms with van der Waals surface area (Å²) >= 11 is 0. The van der Waals surface area contributed by atoms with Gasteiger partial charge >= 0.3 is 18.0 Å². The van der Waals surface area contributed by atoms with Gasteiger partial charge in [-0.25, -0.2) is 14.4 Å². The first-order valence-corrected chi connectivity index (χ1v) is 8.60. The minimum atomic E-state index is -1.82. The number of carboxylic acids is 2. The molecule has 2 aliphatic rings. The first-order chi connectivity index (χ1) is 11.5. The number of hydrogen-bond donors (Lipinski definition) is 4. The number of hydrogen-bond acceptors (Lipinski definition) is 5. The maximum atomic E-state index is 11.6. The van der Waals surface area contributed by atoms with Crippen LogP contribution in [-0.2, 0) is 14.3 Å². The molecule has 2 fully saturated rings. The smallest absolute Gasteiger partial charge is 0.414 e. The van der Waals surface area contributed by atoms with Gasteiger partial charge in [0, 0.05) is 6.54 Å². The molecule has 0 spiro atoms. The van der Waals surface area contributed by atoms with E-state index in [1.807, 2.05) is 0 Å². The number of amides is 1. The molecule has 146 valence electrons. The summed E-state index contributed by atoms with van der Waals surface area (Å²) in [6.45, 7) is 3.00. The average molecular weight is 362 g/mol. The molecule has 0 bridgehead atoms. The van der Waals surface area contributed by atoms with Gasteiger partial charge in [0.25, 0.3) is 0 Å². The third kappa shape index (κ3) is 11.3. The molecule has 0 atom stereocenters. The van der Waals surface area contributed by atoms with Gasteiger partial charge in [0.05, 0.1) is 0 Å². The van der Waals surface area contributed by atoms with E-state index in [2.05, 4.69) is 10.6 Å². The summed E-state index contributed by atoms with van der Waals surface area (Å²) in [4.78, 5) is 29.8. The van der Waals surface area contributed by atoms with Crippen LogP contribution in [0.25, 0.3) is 0 Å². The van der Waals surface area contributed by atoms with E-state index < -0.39 is 11.9 Å². The summed E-state index contributed by atoms with van der Waals surface area (Å²) in [7, 11) is 0. The fraction of sp³-hybridized carbons (Fsp3) is 0.812.